The molecule has 4 rings (SSSR count). The summed E-state index contributed by atoms with van der Waals surface area (Å²) in [6.07, 6.45) is 0. The van der Waals surface area contributed by atoms with Gasteiger partial charge in [0.15, 0.2) is 0 Å². The third-order valence-electron chi connectivity index (χ3n) is 5.01. The second-order valence-electron chi connectivity index (χ2n) is 6.96. The van der Waals surface area contributed by atoms with Gasteiger partial charge in [-0.2, -0.15) is 0 Å². The molecule has 0 bridgehead atoms. The number of aromatic amines is 1. The van der Waals surface area contributed by atoms with E-state index >= 15 is 0 Å². The molecule has 6 nitrogen and oxygen atoms in total. The first-order valence-electron chi connectivity index (χ1n) is 9.85. The molecule has 0 atom stereocenters. The minimum atomic E-state index is -0.173. The average Bonchev–Trinajstić information content (AvgIpc) is 3.17. The van der Waals surface area contributed by atoms with Gasteiger partial charge in [-0.25, -0.2) is 4.68 Å². The lowest BCUT2D eigenvalue weighted by Gasteiger charge is -2.05. The summed E-state index contributed by atoms with van der Waals surface area (Å²) in [5.41, 5.74) is 4.03. The largest absolute Gasteiger partial charge is 0.497 e. The Morgan fingerprint density at radius 1 is 0.839 bits per heavy atom. The summed E-state index contributed by atoms with van der Waals surface area (Å²) in [5.74, 6) is 1.47. The van der Waals surface area contributed by atoms with Gasteiger partial charge in [0, 0.05) is 5.56 Å². The number of para-hydroxylation sites is 1. The summed E-state index contributed by atoms with van der Waals surface area (Å²) in [4.78, 5) is 18.2. The lowest BCUT2D eigenvalue weighted by molar-refractivity contribution is 0.414. The first kappa shape index (κ1) is 20.2. The highest BCUT2D eigenvalue weighted by molar-refractivity contribution is 6.04. The van der Waals surface area contributed by atoms with Crippen LogP contribution in [-0.4, -0.2) is 29.7 Å². The van der Waals surface area contributed by atoms with Gasteiger partial charge in [0.05, 0.1) is 42.6 Å². The predicted octanol–water partition coefficient (Wildman–Crippen LogP) is 4.99. The van der Waals surface area contributed by atoms with Crippen molar-refractivity contribution in [3.8, 4) is 28.4 Å². The fourth-order valence-corrected chi connectivity index (χ4v) is 3.40. The minimum absolute atomic E-state index is 0.173. The number of hydrogen-bond acceptors (Lipinski definition) is 4. The molecule has 3 aromatic carbocycles. The van der Waals surface area contributed by atoms with Gasteiger partial charge in [-0.3, -0.25) is 14.9 Å². The maximum Gasteiger partial charge on any atom is 0.280 e. The number of nitrogens with zero attached hydrogens (tertiary/aromatic N) is 2. The molecule has 0 unspecified atom stereocenters. The van der Waals surface area contributed by atoms with E-state index in [0.717, 1.165) is 22.7 Å². The maximum absolute atomic E-state index is 13.5. The number of rotatable bonds is 6. The molecular formula is C25H23N3O3. The summed E-state index contributed by atoms with van der Waals surface area (Å²) in [5, 5.41) is 3.27. The molecule has 1 N–H and O–H groups in total. The number of aliphatic imine (C=N–C) groups is 1. The van der Waals surface area contributed by atoms with E-state index in [4.69, 9.17) is 9.47 Å². The Labute approximate surface area is 180 Å². The van der Waals surface area contributed by atoms with Gasteiger partial charge >= 0.3 is 0 Å². The molecule has 0 fully saturated rings. The molecule has 4 aromatic rings. The number of H-pyrrole nitrogens is 1. The normalized spacial score (nSPS) is 11.4. The molecule has 0 radical (unpaired) electrons. The van der Waals surface area contributed by atoms with E-state index in [1.54, 1.807) is 14.2 Å². The smallest absolute Gasteiger partial charge is 0.280 e. The zero-order valence-electron chi connectivity index (χ0n) is 17.6. The monoisotopic (exact) mass is 413 g/mol. The highest BCUT2D eigenvalue weighted by Crippen LogP contribution is 2.25. The Hall–Kier alpha value is -4.06. The van der Waals surface area contributed by atoms with Crippen LogP contribution in [0, 0.1) is 0 Å². The summed E-state index contributed by atoms with van der Waals surface area (Å²) in [6.45, 7) is 1.85. The average molecular weight is 413 g/mol. The van der Waals surface area contributed by atoms with Gasteiger partial charge in [0.2, 0.25) is 0 Å². The first-order valence-corrected chi connectivity index (χ1v) is 9.85. The zero-order valence-corrected chi connectivity index (χ0v) is 17.6. The number of nitrogens with one attached hydrogen (secondary N) is 1. The van der Waals surface area contributed by atoms with Crippen LogP contribution < -0.4 is 15.0 Å². The quantitative estimate of drug-likeness (QED) is 0.453. The standard InChI is InChI=1S/C25H23N3O3/c1-17(26-19-7-5-4-6-8-19)23-24(18-9-13-21(30-2)14-10-18)27-28(25(23)29)20-11-15-22(31-3)16-12-20/h4-16,27H,1-3H3. The van der Waals surface area contributed by atoms with E-state index in [1.165, 1.54) is 4.68 Å². The van der Waals surface area contributed by atoms with Gasteiger partial charge in [0.1, 0.15) is 11.5 Å². The van der Waals surface area contributed by atoms with Gasteiger partial charge in [-0.05, 0) is 67.6 Å². The molecule has 0 saturated carbocycles. The molecule has 0 saturated heterocycles. The van der Waals surface area contributed by atoms with Crippen molar-refractivity contribution in [1.82, 2.24) is 9.78 Å². The van der Waals surface area contributed by atoms with E-state index in [9.17, 15) is 4.79 Å². The predicted molar refractivity (Wildman–Crippen MR) is 123 cm³/mol. The third kappa shape index (κ3) is 4.14. The van der Waals surface area contributed by atoms with Gasteiger partial charge in [0.25, 0.3) is 5.56 Å². The lowest BCUT2D eigenvalue weighted by atomic mass is 10.0. The van der Waals surface area contributed by atoms with Crippen LogP contribution >= 0.6 is 0 Å². The topological polar surface area (TPSA) is 68.6 Å². The van der Waals surface area contributed by atoms with Crippen molar-refractivity contribution in [2.45, 2.75) is 6.92 Å². The van der Waals surface area contributed by atoms with Gasteiger partial charge < -0.3 is 9.47 Å². The number of methoxy groups -OCH3 is 2. The fraction of sp³-hybridized carbons (Fsp3) is 0.120. The van der Waals surface area contributed by atoms with Crippen LogP contribution in [0.1, 0.15) is 12.5 Å². The van der Waals surface area contributed by atoms with Gasteiger partial charge in [-0.15, -0.1) is 0 Å². The molecule has 6 heteroatoms. The van der Waals surface area contributed by atoms with E-state index in [2.05, 4.69) is 10.1 Å². The summed E-state index contributed by atoms with van der Waals surface area (Å²) < 4.78 is 12.0. The SMILES string of the molecule is COc1ccc(-c2[nH]n(-c3ccc(OC)cc3)c(=O)c2C(C)=Nc2ccccc2)cc1. The molecule has 0 spiro atoms. The lowest BCUT2D eigenvalue weighted by Crippen LogP contribution is -2.19. The Kier molecular flexibility index (Phi) is 5.71. The first-order chi connectivity index (χ1) is 15.1. The summed E-state index contributed by atoms with van der Waals surface area (Å²) in [7, 11) is 3.23. The van der Waals surface area contributed by atoms with Crippen LogP contribution in [-0.2, 0) is 0 Å². The van der Waals surface area contributed by atoms with Crippen LogP contribution in [0.25, 0.3) is 16.9 Å². The van der Waals surface area contributed by atoms with Crippen molar-refractivity contribution >= 4 is 11.4 Å². The Bertz CT molecular complexity index is 1250. The van der Waals surface area contributed by atoms with Crippen molar-refractivity contribution in [2.75, 3.05) is 14.2 Å². The Balaban J connectivity index is 1.88. The maximum atomic E-state index is 13.5. The Morgan fingerprint density at radius 2 is 1.42 bits per heavy atom. The van der Waals surface area contributed by atoms with E-state index in [0.29, 0.717) is 22.7 Å². The summed E-state index contributed by atoms with van der Waals surface area (Å²) in [6, 6.07) is 24.5. The zero-order chi connectivity index (χ0) is 21.8. The highest BCUT2D eigenvalue weighted by Gasteiger charge is 2.19. The number of aromatic nitrogens is 2. The van der Waals surface area contributed by atoms with Crippen molar-refractivity contribution in [2.24, 2.45) is 4.99 Å². The fourth-order valence-electron chi connectivity index (χ4n) is 3.40. The minimum Gasteiger partial charge on any atom is -0.497 e. The molecular weight excluding hydrogens is 390 g/mol. The van der Waals surface area contributed by atoms with E-state index in [1.807, 2.05) is 85.8 Å². The van der Waals surface area contributed by atoms with Crippen molar-refractivity contribution < 1.29 is 9.47 Å². The molecule has 156 valence electrons. The molecule has 0 aliphatic heterocycles. The van der Waals surface area contributed by atoms with E-state index < -0.39 is 0 Å². The van der Waals surface area contributed by atoms with Crippen LogP contribution in [0.15, 0.2) is 88.6 Å². The number of ether oxygens (including phenoxy) is 2. The highest BCUT2D eigenvalue weighted by atomic mass is 16.5. The van der Waals surface area contributed by atoms with Crippen LogP contribution in [0.4, 0.5) is 5.69 Å². The van der Waals surface area contributed by atoms with Crippen LogP contribution in [0.5, 0.6) is 11.5 Å². The molecule has 0 aliphatic rings. The Morgan fingerprint density at radius 3 is 2.00 bits per heavy atom. The van der Waals surface area contributed by atoms with E-state index in [-0.39, 0.29) is 5.56 Å². The molecule has 0 aliphatic carbocycles. The molecule has 31 heavy (non-hydrogen) atoms. The van der Waals surface area contributed by atoms with Crippen molar-refractivity contribution in [1.29, 1.82) is 0 Å². The number of benzene rings is 3. The van der Waals surface area contributed by atoms with Crippen LogP contribution in [0.3, 0.4) is 0 Å². The van der Waals surface area contributed by atoms with Crippen molar-refractivity contribution in [3.05, 3.63) is 94.8 Å². The number of hydrogen-bond donors (Lipinski definition) is 1. The third-order valence-corrected chi connectivity index (χ3v) is 5.01. The molecule has 0 amide bonds. The van der Waals surface area contributed by atoms with Crippen molar-refractivity contribution in [3.63, 3.8) is 0 Å². The summed E-state index contributed by atoms with van der Waals surface area (Å²) >= 11 is 0. The second kappa shape index (κ2) is 8.75. The molecule has 1 heterocycles. The van der Waals surface area contributed by atoms with Crippen LogP contribution in [0.2, 0.25) is 0 Å². The molecule has 1 aromatic heterocycles. The second-order valence-corrected chi connectivity index (χ2v) is 6.96. The van der Waals surface area contributed by atoms with Gasteiger partial charge in [-0.1, -0.05) is 18.2 Å².